The Kier molecular flexibility index (Phi) is 9.18. The lowest BCUT2D eigenvalue weighted by molar-refractivity contribution is 0.660. The highest BCUT2D eigenvalue weighted by Gasteiger charge is 2.39. The molecule has 1 aliphatic rings. The molecule has 0 saturated carbocycles. The minimum Gasteiger partial charge on any atom is -0.456 e. The summed E-state index contributed by atoms with van der Waals surface area (Å²) in [5.74, 6) is 0.0154. The van der Waals surface area contributed by atoms with Gasteiger partial charge in [-0.15, -0.1) is 0 Å². The Morgan fingerprint density at radius 1 is 0.657 bits per heavy atom. The molecule has 0 saturated heterocycles. The zero-order chi connectivity index (χ0) is 45.7. The number of para-hydroxylation sites is 3. The van der Waals surface area contributed by atoms with Gasteiger partial charge in [0.15, 0.2) is 0 Å². The molecule has 4 heteroatoms. The SMILES string of the molecule is C=C(c1ccc2c(c1)C(C)(C)c1cc(N(c3ccc4oc5ccccc5c4c3)c3cccc4c5ccccc5n(C)c34)c3ccccc3c1-2)C(Cc1ccc(C)c(C#N)c1)c1cccc(C)c1. The fourth-order valence-corrected chi connectivity index (χ4v) is 11.3. The summed E-state index contributed by atoms with van der Waals surface area (Å²) in [4.78, 5) is 2.49. The standard InChI is InChI=1S/C63H49N3O/c1-38-15-13-16-43(31-38)52(33-41-26-25-39(2)44(32-41)37-64)40(3)42-27-29-51-54(34-42)63(4,5)55-36-58(46-17-7-8-20-49(46)61(51)55)66(45-28-30-60-53(35-45)48-19-10-12-24-59(48)67-60)57-23-14-21-50-47-18-9-11-22-56(47)65(6)62(50)57/h7-32,34-36,52H,3,33H2,1-2,4-6H3. The van der Waals surface area contributed by atoms with Crippen LogP contribution in [-0.2, 0) is 18.9 Å². The Morgan fingerprint density at radius 3 is 2.21 bits per heavy atom. The third kappa shape index (κ3) is 6.26. The molecule has 0 N–H and O–H groups in total. The lowest BCUT2D eigenvalue weighted by Crippen LogP contribution is -2.17. The maximum atomic E-state index is 9.93. The van der Waals surface area contributed by atoms with Gasteiger partial charge in [0.25, 0.3) is 0 Å². The van der Waals surface area contributed by atoms with E-state index in [1.54, 1.807) is 0 Å². The monoisotopic (exact) mass is 863 g/mol. The maximum absolute atomic E-state index is 9.93. The number of anilines is 3. The largest absolute Gasteiger partial charge is 0.456 e. The molecule has 2 heterocycles. The zero-order valence-electron chi connectivity index (χ0n) is 38.5. The zero-order valence-corrected chi connectivity index (χ0v) is 38.5. The summed E-state index contributed by atoms with van der Waals surface area (Å²) in [6.07, 6.45) is 0.742. The first-order valence-electron chi connectivity index (χ1n) is 23.2. The van der Waals surface area contributed by atoms with E-state index >= 15 is 0 Å². The number of benzene rings is 9. The summed E-state index contributed by atoms with van der Waals surface area (Å²) in [6.45, 7) is 13.8. The smallest absolute Gasteiger partial charge is 0.135 e. The van der Waals surface area contributed by atoms with Gasteiger partial charge in [-0.05, 0) is 130 Å². The van der Waals surface area contributed by atoms with Crippen LogP contribution in [0.4, 0.5) is 17.1 Å². The van der Waals surface area contributed by atoms with Gasteiger partial charge in [0.2, 0.25) is 0 Å². The minimum atomic E-state index is -0.348. The lowest BCUT2D eigenvalue weighted by Gasteiger charge is -2.30. The van der Waals surface area contributed by atoms with Crippen LogP contribution in [0.3, 0.4) is 0 Å². The van der Waals surface area contributed by atoms with E-state index in [9.17, 15) is 5.26 Å². The molecule has 0 bridgehead atoms. The number of fused-ring (bicyclic) bond motifs is 11. The van der Waals surface area contributed by atoms with E-state index in [0.29, 0.717) is 0 Å². The number of rotatable bonds is 8. The molecule has 0 amide bonds. The minimum absolute atomic E-state index is 0.0154. The van der Waals surface area contributed by atoms with Crippen molar-refractivity contribution in [1.82, 2.24) is 4.57 Å². The Hall–Kier alpha value is -8.13. The normalized spacial score (nSPS) is 13.3. The molecular weight excluding hydrogens is 815 g/mol. The number of nitrogens with zero attached hydrogens (tertiary/aromatic N) is 3. The van der Waals surface area contributed by atoms with Crippen LogP contribution < -0.4 is 4.90 Å². The molecule has 2 aromatic heterocycles. The highest BCUT2D eigenvalue weighted by atomic mass is 16.3. The second kappa shape index (κ2) is 15.2. The average Bonchev–Trinajstić information content (AvgIpc) is 3.95. The first-order valence-corrected chi connectivity index (χ1v) is 23.2. The quantitative estimate of drug-likeness (QED) is 0.153. The van der Waals surface area contributed by atoms with E-state index < -0.39 is 0 Å². The molecule has 1 unspecified atom stereocenters. The highest BCUT2D eigenvalue weighted by molar-refractivity contribution is 6.16. The van der Waals surface area contributed by atoms with Crippen LogP contribution >= 0.6 is 0 Å². The van der Waals surface area contributed by atoms with Crippen LogP contribution in [0, 0.1) is 25.2 Å². The Morgan fingerprint density at radius 2 is 1.39 bits per heavy atom. The molecular formula is C63H49N3O. The molecule has 322 valence electrons. The summed E-state index contributed by atoms with van der Waals surface area (Å²) in [5.41, 5.74) is 19.7. The van der Waals surface area contributed by atoms with E-state index in [2.05, 4.69) is 213 Å². The number of aromatic nitrogens is 1. The number of hydrogen-bond acceptors (Lipinski definition) is 3. The van der Waals surface area contributed by atoms with Gasteiger partial charge in [0.05, 0.1) is 28.5 Å². The summed E-state index contributed by atoms with van der Waals surface area (Å²) in [5, 5.41) is 17.0. The van der Waals surface area contributed by atoms with Crippen molar-refractivity contribution in [1.29, 1.82) is 5.26 Å². The van der Waals surface area contributed by atoms with E-state index in [-0.39, 0.29) is 11.3 Å². The van der Waals surface area contributed by atoms with Gasteiger partial charge in [0, 0.05) is 56.5 Å². The molecule has 4 nitrogen and oxygen atoms in total. The lowest BCUT2D eigenvalue weighted by atomic mass is 9.78. The van der Waals surface area contributed by atoms with E-state index in [0.717, 1.165) is 73.2 Å². The summed E-state index contributed by atoms with van der Waals surface area (Å²) < 4.78 is 8.75. The molecule has 11 aromatic rings. The third-order valence-corrected chi connectivity index (χ3v) is 14.8. The van der Waals surface area contributed by atoms with Gasteiger partial charge in [-0.1, -0.05) is 147 Å². The second-order valence-corrected chi connectivity index (χ2v) is 19.1. The molecule has 67 heavy (non-hydrogen) atoms. The Bertz CT molecular complexity index is 3910. The van der Waals surface area contributed by atoms with E-state index in [1.165, 1.54) is 66.0 Å². The van der Waals surface area contributed by atoms with Gasteiger partial charge >= 0.3 is 0 Å². The molecule has 0 fully saturated rings. The van der Waals surface area contributed by atoms with Gasteiger partial charge in [-0.3, -0.25) is 0 Å². The Labute approximate surface area is 391 Å². The maximum Gasteiger partial charge on any atom is 0.135 e. The van der Waals surface area contributed by atoms with Crippen molar-refractivity contribution in [3.8, 4) is 17.2 Å². The van der Waals surface area contributed by atoms with Gasteiger partial charge in [0.1, 0.15) is 11.2 Å². The number of hydrogen-bond donors (Lipinski definition) is 0. The number of furan rings is 1. The number of allylic oxidation sites excluding steroid dienone is 1. The summed E-state index contributed by atoms with van der Waals surface area (Å²) in [6, 6.07) is 66.4. The van der Waals surface area contributed by atoms with Crippen molar-refractivity contribution in [3.63, 3.8) is 0 Å². The van der Waals surface area contributed by atoms with Gasteiger partial charge < -0.3 is 13.9 Å². The van der Waals surface area contributed by atoms with Crippen molar-refractivity contribution in [3.05, 3.63) is 227 Å². The number of aryl methyl sites for hydroxylation is 3. The van der Waals surface area contributed by atoms with E-state index in [1.807, 2.05) is 13.0 Å². The van der Waals surface area contributed by atoms with Gasteiger partial charge in [-0.25, -0.2) is 0 Å². The van der Waals surface area contributed by atoms with Crippen molar-refractivity contribution < 1.29 is 4.42 Å². The first-order chi connectivity index (χ1) is 32.6. The highest BCUT2D eigenvalue weighted by Crippen LogP contribution is 2.56. The molecule has 1 aliphatic carbocycles. The number of nitriles is 1. The molecule has 9 aromatic carbocycles. The van der Waals surface area contributed by atoms with Crippen LogP contribution in [-0.4, -0.2) is 4.57 Å². The average molecular weight is 864 g/mol. The van der Waals surface area contributed by atoms with Crippen LogP contribution in [0.25, 0.3) is 71.2 Å². The van der Waals surface area contributed by atoms with Crippen LogP contribution in [0.15, 0.2) is 187 Å². The summed E-state index contributed by atoms with van der Waals surface area (Å²) >= 11 is 0. The van der Waals surface area contributed by atoms with Crippen molar-refractivity contribution >= 4 is 77.2 Å². The molecule has 0 aliphatic heterocycles. The molecule has 0 spiro atoms. The van der Waals surface area contributed by atoms with Crippen molar-refractivity contribution in [2.24, 2.45) is 7.05 Å². The fraction of sp³-hybridized carbons (Fsp3) is 0.127. The first kappa shape index (κ1) is 40.4. The molecule has 12 rings (SSSR count). The fourth-order valence-electron chi connectivity index (χ4n) is 11.3. The van der Waals surface area contributed by atoms with Crippen LogP contribution in [0.5, 0.6) is 0 Å². The van der Waals surface area contributed by atoms with E-state index in [4.69, 9.17) is 11.0 Å². The molecule has 1 atom stereocenters. The second-order valence-electron chi connectivity index (χ2n) is 19.1. The topological polar surface area (TPSA) is 45.1 Å². The van der Waals surface area contributed by atoms with Crippen LogP contribution in [0.2, 0.25) is 0 Å². The third-order valence-electron chi connectivity index (χ3n) is 14.8. The summed E-state index contributed by atoms with van der Waals surface area (Å²) in [7, 11) is 2.19. The van der Waals surface area contributed by atoms with Crippen molar-refractivity contribution in [2.75, 3.05) is 4.90 Å². The van der Waals surface area contributed by atoms with Crippen molar-refractivity contribution in [2.45, 2.75) is 45.4 Å². The van der Waals surface area contributed by atoms with Gasteiger partial charge in [-0.2, -0.15) is 5.26 Å². The van der Waals surface area contributed by atoms with Crippen LogP contribution in [0.1, 0.15) is 64.3 Å². The predicted octanol–water partition coefficient (Wildman–Crippen LogP) is 16.7. The molecule has 0 radical (unpaired) electrons. The Balaban J connectivity index is 1.05. The predicted molar refractivity (Wildman–Crippen MR) is 280 cm³/mol.